The van der Waals surface area contributed by atoms with Crippen molar-refractivity contribution in [3.63, 3.8) is 0 Å². The van der Waals surface area contributed by atoms with Crippen LogP contribution in [-0.4, -0.2) is 13.1 Å². The van der Waals surface area contributed by atoms with Gasteiger partial charge in [-0.25, -0.2) is 0 Å². The van der Waals surface area contributed by atoms with Gasteiger partial charge in [0, 0.05) is 6.04 Å². The first kappa shape index (κ1) is 11.4. The number of hydrogen-bond donors (Lipinski definition) is 1. The SMILES string of the molecule is CCC1CCCCC1C1CCC(NC)C1. The summed E-state index contributed by atoms with van der Waals surface area (Å²) in [6, 6.07) is 0.828. The molecule has 0 aromatic heterocycles. The summed E-state index contributed by atoms with van der Waals surface area (Å²) in [6.07, 6.45) is 11.8. The Kier molecular flexibility index (Phi) is 4.07. The van der Waals surface area contributed by atoms with Gasteiger partial charge in [-0.2, -0.15) is 0 Å². The first-order chi connectivity index (χ1) is 7.35. The van der Waals surface area contributed by atoms with Gasteiger partial charge in [0.1, 0.15) is 0 Å². The summed E-state index contributed by atoms with van der Waals surface area (Å²) in [7, 11) is 2.13. The van der Waals surface area contributed by atoms with Crippen LogP contribution in [0.2, 0.25) is 0 Å². The maximum Gasteiger partial charge on any atom is 0.00669 e. The largest absolute Gasteiger partial charge is 0.317 e. The average Bonchev–Trinajstić information content (AvgIpc) is 2.77. The van der Waals surface area contributed by atoms with Crippen molar-refractivity contribution in [2.75, 3.05) is 7.05 Å². The predicted molar refractivity (Wildman–Crippen MR) is 65.9 cm³/mol. The molecule has 2 rings (SSSR count). The molecule has 0 amide bonds. The fraction of sp³-hybridized carbons (Fsp3) is 1.00. The van der Waals surface area contributed by atoms with Crippen molar-refractivity contribution in [3.05, 3.63) is 0 Å². The number of nitrogens with one attached hydrogen (secondary N) is 1. The third kappa shape index (κ3) is 2.55. The molecule has 0 aromatic rings. The zero-order valence-electron chi connectivity index (χ0n) is 10.5. The molecule has 0 saturated heterocycles. The van der Waals surface area contributed by atoms with Crippen molar-refractivity contribution in [3.8, 4) is 0 Å². The highest BCUT2D eigenvalue weighted by Gasteiger charge is 2.35. The Labute approximate surface area is 95.0 Å². The Hall–Kier alpha value is -0.0400. The van der Waals surface area contributed by atoms with Crippen LogP contribution < -0.4 is 5.32 Å². The Morgan fingerprint density at radius 3 is 2.53 bits per heavy atom. The van der Waals surface area contributed by atoms with Crippen molar-refractivity contribution in [1.82, 2.24) is 5.32 Å². The lowest BCUT2D eigenvalue weighted by Gasteiger charge is -2.35. The fourth-order valence-electron chi connectivity index (χ4n) is 4.03. The minimum absolute atomic E-state index is 0.828. The molecule has 0 bridgehead atoms. The Balaban J connectivity index is 1.90. The molecule has 0 heterocycles. The second-order valence-electron chi connectivity index (χ2n) is 5.68. The third-order valence-electron chi connectivity index (χ3n) is 4.98. The average molecular weight is 209 g/mol. The van der Waals surface area contributed by atoms with E-state index in [0.717, 1.165) is 23.8 Å². The molecule has 4 atom stereocenters. The molecule has 1 N–H and O–H groups in total. The molecular formula is C14H27N. The van der Waals surface area contributed by atoms with E-state index in [4.69, 9.17) is 0 Å². The first-order valence-electron chi connectivity index (χ1n) is 7.02. The summed E-state index contributed by atoms with van der Waals surface area (Å²) < 4.78 is 0. The summed E-state index contributed by atoms with van der Waals surface area (Å²) in [6.45, 7) is 2.40. The standard InChI is InChI=1S/C14H27N/c1-3-11-6-4-5-7-14(11)12-8-9-13(10-12)15-2/h11-15H,3-10H2,1-2H3. The number of rotatable bonds is 3. The van der Waals surface area contributed by atoms with Crippen molar-refractivity contribution < 1.29 is 0 Å². The van der Waals surface area contributed by atoms with Crippen LogP contribution in [0.3, 0.4) is 0 Å². The molecule has 0 radical (unpaired) electrons. The van der Waals surface area contributed by atoms with Gasteiger partial charge in [-0.3, -0.25) is 0 Å². The molecular weight excluding hydrogens is 182 g/mol. The van der Waals surface area contributed by atoms with Crippen LogP contribution in [0.15, 0.2) is 0 Å². The van der Waals surface area contributed by atoms with Gasteiger partial charge in [-0.05, 0) is 50.5 Å². The van der Waals surface area contributed by atoms with Gasteiger partial charge in [0.25, 0.3) is 0 Å². The lowest BCUT2D eigenvalue weighted by atomic mass is 9.71. The quantitative estimate of drug-likeness (QED) is 0.749. The van der Waals surface area contributed by atoms with Crippen LogP contribution in [0.1, 0.15) is 58.3 Å². The second kappa shape index (κ2) is 5.34. The topological polar surface area (TPSA) is 12.0 Å². The lowest BCUT2D eigenvalue weighted by molar-refractivity contribution is 0.156. The molecule has 2 fully saturated rings. The lowest BCUT2D eigenvalue weighted by Crippen LogP contribution is -2.27. The predicted octanol–water partition coefficient (Wildman–Crippen LogP) is 3.59. The Morgan fingerprint density at radius 2 is 1.87 bits per heavy atom. The van der Waals surface area contributed by atoms with Crippen LogP contribution in [0.25, 0.3) is 0 Å². The molecule has 88 valence electrons. The van der Waals surface area contributed by atoms with Crippen molar-refractivity contribution in [1.29, 1.82) is 0 Å². The van der Waals surface area contributed by atoms with Gasteiger partial charge in [0.05, 0.1) is 0 Å². The smallest absolute Gasteiger partial charge is 0.00669 e. The van der Waals surface area contributed by atoms with Crippen LogP contribution in [0, 0.1) is 17.8 Å². The molecule has 2 saturated carbocycles. The molecule has 4 unspecified atom stereocenters. The van der Waals surface area contributed by atoms with Gasteiger partial charge < -0.3 is 5.32 Å². The van der Waals surface area contributed by atoms with E-state index in [0.29, 0.717) is 0 Å². The van der Waals surface area contributed by atoms with E-state index in [-0.39, 0.29) is 0 Å². The van der Waals surface area contributed by atoms with Gasteiger partial charge in [0.2, 0.25) is 0 Å². The van der Waals surface area contributed by atoms with Crippen LogP contribution >= 0.6 is 0 Å². The highest BCUT2D eigenvalue weighted by atomic mass is 14.9. The van der Waals surface area contributed by atoms with Crippen LogP contribution in [-0.2, 0) is 0 Å². The zero-order chi connectivity index (χ0) is 10.7. The molecule has 0 spiro atoms. The highest BCUT2D eigenvalue weighted by Crippen LogP contribution is 2.43. The van der Waals surface area contributed by atoms with Crippen LogP contribution in [0.5, 0.6) is 0 Å². The third-order valence-corrected chi connectivity index (χ3v) is 4.98. The zero-order valence-corrected chi connectivity index (χ0v) is 10.5. The summed E-state index contributed by atoms with van der Waals surface area (Å²) in [5.41, 5.74) is 0. The van der Waals surface area contributed by atoms with E-state index in [1.807, 2.05) is 0 Å². The summed E-state index contributed by atoms with van der Waals surface area (Å²) in [5.74, 6) is 3.18. The van der Waals surface area contributed by atoms with Crippen molar-refractivity contribution in [2.24, 2.45) is 17.8 Å². The Bertz CT molecular complexity index is 190. The van der Waals surface area contributed by atoms with E-state index in [2.05, 4.69) is 19.3 Å². The van der Waals surface area contributed by atoms with Gasteiger partial charge in [-0.1, -0.05) is 32.6 Å². The fourth-order valence-corrected chi connectivity index (χ4v) is 4.03. The van der Waals surface area contributed by atoms with E-state index in [9.17, 15) is 0 Å². The van der Waals surface area contributed by atoms with Crippen molar-refractivity contribution >= 4 is 0 Å². The minimum Gasteiger partial charge on any atom is -0.317 e. The molecule has 2 aliphatic rings. The Morgan fingerprint density at radius 1 is 1.07 bits per heavy atom. The van der Waals surface area contributed by atoms with Crippen molar-refractivity contribution in [2.45, 2.75) is 64.3 Å². The number of hydrogen-bond acceptors (Lipinski definition) is 1. The molecule has 0 aromatic carbocycles. The molecule has 1 heteroatoms. The maximum absolute atomic E-state index is 3.47. The van der Waals surface area contributed by atoms with Gasteiger partial charge >= 0.3 is 0 Å². The molecule has 2 aliphatic carbocycles. The first-order valence-corrected chi connectivity index (χ1v) is 7.02. The van der Waals surface area contributed by atoms with Gasteiger partial charge in [-0.15, -0.1) is 0 Å². The van der Waals surface area contributed by atoms with E-state index >= 15 is 0 Å². The molecule has 1 nitrogen and oxygen atoms in total. The minimum atomic E-state index is 0.828. The monoisotopic (exact) mass is 209 g/mol. The maximum atomic E-state index is 3.47. The molecule has 0 aliphatic heterocycles. The normalized spacial score (nSPS) is 42.0. The van der Waals surface area contributed by atoms with E-state index < -0.39 is 0 Å². The highest BCUT2D eigenvalue weighted by molar-refractivity contribution is 4.88. The summed E-state index contributed by atoms with van der Waals surface area (Å²) >= 11 is 0. The summed E-state index contributed by atoms with van der Waals surface area (Å²) in [4.78, 5) is 0. The van der Waals surface area contributed by atoms with Gasteiger partial charge in [0.15, 0.2) is 0 Å². The van der Waals surface area contributed by atoms with E-state index in [1.165, 1.54) is 51.4 Å². The molecule has 15 heavy (non-hydrogen) atoms. The van der Waals surface area contributed by atoms with Crippen LogP contribution in [0.4, 0.5) is 0 Å². The van der Waals surface area contributed by atoms with E-state index in [1.54, 1.807) is 0 Å². The summed E-state index contributed by atoms with van der Waals surface area (Å²) in [5, 5.41) is 3.47. The second-order valence-corrected chi connectivity index (χ2v) is 5.68.